The third-order valence-electron chi connectivity index (χ3n) is 3.39. The molecule has 1 aliphatic heterocycles. The van der Waals surface area contributed by atoms with Gasteiger partial charge in [-0.2, -0.15) is 0 Å². The van der Waals surface area contributed by atoms with Gasteiger partial charge in [0.1, 0.15) is 0 Å². The highest BCUT2D eigenvalue weighted by Gasteiger charge is 2.22. The van der Waals surface area contributed by atoms with Crippen molar-refractivity contribution in [3.63, 3.8) is 0 Å². The Kier molecular flexibility index (Phi) is 3.66. The van der Waals surface area contributed by atoms with E-state index in [1.165, 1.54) is 0 Å². The average molecular weight is 275 g/mol. The molecule has 1 fully saturated rings. The van der Waals surface area contributed by atoms with Gasteiger partial charge in [-0.1, -0.05) is 12.1 Å². The fourth-order valence-corrected chi connectivity index (χ4v) is 2.42. The first-order chi connectivity index (χ1) is 9.78. The number of aromatic nitrogens is 2. The zero-order valence-corrected chi connectivity index (χ0v) is 11.3. The number of aromatic amines is 1. The number of para-hydroxylation sites is 1. The highest BCUT2D eigenvalue weighted by Crippen LogP contribution is 2.15. The van der Waals surface area contributed by atoms with Crippen molar-refractivity contribution >= 4 is 16.9 Å². The molecule has 0 bridgehead atoms. The van der Waals surface area contributed by atoms with Gasteiger partial charge in [-0.3, -0.25) is 9.78 Å². The van der Waals surface area contributed by atoms with Gasteiger partial charge in [0, 0.05) is 20.2 Å². The highest BCUT2D eigenvalue weighted by molar-refractivity contribution is 5.78. The first kappa shape index (κ1) is 13.1. The molecule has 1 aliphatic rings. The fourth-order valence-electron chi connectivity index (χ4n) is 2.42. The number of methoxy groups -OCH3 is 1. The van der Waals surface area contributed by atoms with Crippen LogP contribution in [0.3, 0.4) is 0 Å². The van der Waals surface area contributed by atoms with Gasteiger partial charge in [0.2, 0.25) is 5.95 Å². The van der Waals surface area contributed by atoms with Crippen LogP contribution in [-0.4, -0.2) is 49.5 Å². The third-order valence-corrected chi connectivity index (χ3v) is 3.39. The van der Waals surface area contributed by atoms with Crippen LogP contribution in [0.1, 0.15) is 0 Å². The van der Waals surface area contributed by atoms with Crippen LogP contribution in [0.4, 0.5) is 5.95 Å². The SMILES string of the molecule is COCC1CN(c2nc3ccccc3c(=O)[nH]2)CCO1. The molecule has 1 atom stereocenters. The van der Waals surface area contributed by atoms with Gasteiger partial charge >= 0.3 is 0 Å². The summed E-state index contributed by atoms with van der Waals surface area (Å²) in [5.41, 5.74) is 0.599. The van der Waals surface area contributed by atoms with Crippen molar-refractivity contribution in [1.82, 2.24) is 9.97 Å². The van der Waals surface area contributed by atoms with Crippen molar-refractivity contribution in [3.05, 3.63) is 34.6 Å². The molecule has 0 aliphatic carbocycles. The summed E-state index contributed by atoms with van der Waals surface area (Å²) in [6.45, 7) is 2.51. The van der Waals surface area contributed by atoms with Crippen LogP contribution in [0.5, 0.6) is 0 Å². The van der Waals surface area contributed by atoms with Crippen molar-refractivity contribution in [2.24, 2.45) is 0 Å². The lowest BCUT2D eigenvalue weighted by Gasteiger charge is -2.32. The molecule has 1 N–H and O–H groups in total. The molecule has 3 rings (SSSR count). The minimum Gasteiger partial charge on any atom is -0.382 e. The smallest absolute Gasteiger partial charge is 0.260 e. The number of hydrogen-bond acceptors (Lipinski definition) is 5. The minimum atomic E-state index is -0.111. The van der Waals surface area contributed by atoms with E-state index in [4.69, 9.17) is 9.47 Å². The van der Waals surface area contributed by atoms with Crippen LogP contribution >= 0.6 is 0 Å². The van der Waals surface area contributed by atoms with Crippen molar-refractivity contribution in [2.45, 2.75) is 6.10 Å². The molecule has 1 aromatic carbocycles. The van der Waals surface area contributed by atoms with E-state index in [-0.39, 0.29) is 11.7 Å². The maximum absolute atomic E-state index is 12.1. The minimum absolute atomic E-state index is 0.00511. The molecule has 20 heavy (non-hydrogen) atoms. The zero-order valence-electron chi connectivity index (χ0n) is 11.3. The summed E-state index contributed by atoms with van der Waals surface area (Å²) >= 11 is 0. The van der Waals surface area contributed by atoms with Crippen molar-refractivity contribution < 1.29 is 9.47 Å². The number of H-pyrrole nitrogens is 1. The number of hydrogen-bond donors (Lipinski definition) is 1. The molecule has 0 saturated carbocycles. The quantitative estimate of drug-likeness (QED) is 0.896. The Balaban J connectivity index is 1.92. The molecule has 1 aromatic heterocycles. The maximum atomic E-state index is 12.1. The van der Waals surface area contributed by atoms with E-state index < -0.39 is 0 Å². The van der Waals surface area contributed by atoms with Gasteiger partial charge in [0.15, 0.2) is 0 Å². The number of benzene rings is 1. The summed E-state index contributed by atoms with van der Waals surface area (Å²) < 4.78 is 10.7. The first-order valence-electron chi connectivity index (χ1n) is 6.62. The molecule has 2 heterocycles. The Morgan fingerprint density at radius 1 is 1.50 bits per heavy atom. The van der Waals surface area contributed by atoms with Crippen molar-refractivity contribution in [2.75, 3.05) is 38.3 Å². The normalized spacial score (nSPS) is 19.4. The number of morpholine rings is 1. The van der Waals surface area contributed by atoms with E-state index in [1.54, 1.807) is 13.2 Å². The van der Waals surface area contributed by atoms with E-state index in [0.717, 1.165) is 0 Å². The van der Waals surface area contributed by atoms with Crippen LogP contribution < -0.4 is 10.5 Å². The molecule has 106 valence electrons. The summed E-state index contributed by atoms with van der Waals surface area (Å²) in [7, 11) is 1.65. The zero-order chi connectivity index (χ0) is 13.9. The van der Waals surface area contributed by atoms with E-state index in [1.807, 2.05) is 23.1 Å². The number of nitrogens with zero attached hydrogens (tertiary/aromatic N) is 2. The summed E-state index contributed by atoms with van der Waals surface area (Å²) in [5.74, 6) is 0.595. The van der Waals surface area contributed by atoms with E-state index >= 15 is 0 Å². The van der Waals surface area contributed by atoms with Crippen LogP contribution in [0.2, 0.25) is 0 Å². The van der Waals surface area contributed by atoms with Gasteiger partial charge in [0.25, 0.3) is 5.56 Å². The molecular formula is C14H17N3O3. The molecule has 0 amide bonds. The van der Waals surface area contributed by atoms with Crippen LogP contribution in [0.15, 0.2) is 29.1 Å². The number of anilines is 1. The van der Waals surface area contributed by atoms with Crippen LogP contribution in [0, 0.1) is 0 Å². The van der Waals surface area contributed by atoms with Gasteiger partial charge in [0.05, 0.1) is 30.2 Å². The summed E-state index contributed by atoms with van der Waals surface area (Å²) in [4.78, 5) is 21.5. The second-order valence-corrected chi connectivity index (χ2v) is 4.80. The van der Waals surface area contributed by atoms with Crippen molar-refractivity contribution in [1.29, 1.82) is 0 Å². The van der Waals surface area contributed by atoms with Gasteiger partial charge in [-0.05, 0) is 12.1 Å². The number of ether oxygens (including phenoxy) is 2. The molecule has 1 saturated heterocycles. The summed E-state index contributed by atoms with van der Waals surface area (Å²) in [6.07, 6.45) is 0.00511. The lowest BCUT2D eigenvalue weighted by atomic mass is 10.2. The first-order valence-corrected chi connectivity index (χ1v) is 6.62. The predicted octanol–water partition coefficient (Wildman–Crippen LogP) is 0.775. The number of fused-ring (bicyclic) bond motifs is 1. The molecule has 0 spiro atoms. The Morgan fingerprint density at radius 2 is 2.35 bits per heavy atom. The second-order valence-electron chi connectivity index (χ2n) is 4.80. The average Bonchev–Trinajstić information content (AvgIpc) is 2.48. The lowest BCUT2D eigenvalue weighted by Crippen LogP contribution is -2.45. The Hall–Kier alpha value is -1.92. The Labute approximate surface area is 116 Å². The van der Waals surface area contributed by atoms with Gasteiger partial charge in [-0.15, -0.1) is 0 Å². The van der Waals surface area contributed by atoms with E-state index in [0.29, 0.717) is 43.2 Å². The Bertz CT molecular complexity index is 653. The standard InChI is InChI=1S/C14H17N3O3/c1-19-9-10-8-17(6-7-20-10)14-15-12-5-3-2-4-11(12)13(18)16-14/h2-5,10H,6-9H2,1H3,(H,15,16,18). The second kappa shape index (κ2) is 5.60. The molecule has 2 aromatic rings. The monoisotopic (exact) mass is 275 g/mol. The van der Waals surface area contributed by atoms with Crippen LogP contribution in [0.25, 0.3) is 10.9 Å². The van der Waals surface area contributed by atoms with Crippen molar-refractivity contribution in [3.8, 4) is 0 Å². The van der Waals surface area contributed by atoms with E-state index in [9.17, 15) is 4.79 Å². The van der Waals surface area contributed by atoms with E-state index in [2.05, 4.69) is 9.97 Å². The number of nitrogens with one attached hydrogen (secondary N) is 1. The van der Waals surface area contributed by atoms with Gasteiger partial charge < -0.3 is 14.4 Å². The lowest BCUT2D eigenvalue weighted by molar-refractivity contribution is -0.0104. The summed E-state index contributed by atoms with van der Waals surface area (Å²) in [6, 6.07) is 7.34. The molecule has 6 nitrogen and oxygen atoms in total. The topological polar surface area (TPSA) is 67.5 Å². The maximum Gasteiger partial charge on any atom is 0.260 e. The fraction of sp³-hybridized carbons (Fsp3) is 0.429. The molecular weight excluding hydrogens is 258 g/mol. The van der Waals surface area contributed by atoms with Gasteiger partial charge in [-0.25, -0.2) is 4.98 Å². The molecule has 1 unspecified atom stereocenters. The third kappa shape index (κ3) is 2.52. The highest BCUT2D eigenvalue weighted by atomic mass is 16.5. The Morgan fingerprint density at radius 3 is 3.20 bits per heavy atom. The molecule has 6 heteroatoms. The number of rotatable bonds is 3. The predicted molar refractivity (Wildman–Crippen MR) is 76.2 cm³/mol. The molecule has 0 radical (unpaired) electrons. The van der Waals surface area contributed by atoms with Crippen LogP contribution in [-0.2, 0) is 9.47 Å². The summed E-state index contributed by atoms with van der Waals surface area (Å²) in [5, 5.41) is 0.609. The largest absolute Gasteiger partial charge is 0.382 e.